The predicted molar refractivity (Wildman–Crippen MR) is 192 cm³/mol. The van der Waals surface area contributed by atoms with E-state index in [2.05, 4.69) is 63.8 Å². The Morgan fingerprint density at radius 3 is 2.27 bits per heavy atom. The van der Waals surface area contributed by atoms with Crippen LogP contribution in [-0.2, 0) is 21.5 Å². The molecule has 3 heterocycles. The second-order valence-electron chi connectivity index (χ2n) is 15.6. The number of ether oxygens (including phenoxy) is 1. The van der Waals surface area contributed by atoms with Crippen LogP contribution in [0.4, 0.5) is 0 Å². The number of nitrogens with zero attached hydrogens (tertiary/aromatic N) is 3. The Hall–Kier alpha value is -3.41. The third-order valence-electron chi connectivity index (χ3n) is 11.2. The molecular formula is C38H51N5O5S. The Balaban J connectivity index is 1.37. The first-order chi connectivity index (χ1) is 23.3. The number of nitrogens with one attached hydrogen (secondary N) is 2. The molecule has 0 spiro atoms. The molecule has 7 rings (SSSR count). The van der Waals surface area contributed by atoms with E-state index in [1.54, 1.807) is 13.2 Å². The van der Waals surface area contributed by atoms with Crippen molar-refractivity contribution in [1.82, 2.24) is 23.8 Å². The lowest BCUT2D eigenvalue weighted by Crippen LogP contribution is -2.58. The summed E-state index contributed by atoms with van der Waals surface area (Å²) in [6.45, 7) is 8.40. The van der Waals surface area contributed by atoms with Crippen LogP contribution in [0.25, 0.3) is 22.2 Å². The van der Waals surface area contributed by atoms with E-state index in [1.165, 1.54) is 12.0 Å². The lowest BCUT2D eigenvalue weighted by molar-refractivity contribution is -0.146. The highest BCUT2D eigenvalue weighted by atomic mass is 32.2. The number of amides is 2. The molecule has 2 saturated heterocycles. The molecule has 1 aromatic heterocycles. The van der Waals surface area contributed by atoms with E-state index < -0.39 is 21.5 Å². The van der Waals surface area contributed by atoms with Gasteiger partial charge in [0.1, 0.15) is 5.75 Å². The average Bonchev–Trinajstić information content (AvgIpc) is 3.76. The molecule has 0 radical (unpaired) electrons. The Bertz CT molecular complexity index is 1860. The van der Waals surface area contributed by atoms with Crippen LogP contribution in [0.3, 0.4) is 0 Å². The molecule has 49 heavy (non-hydrogen) atoms. The van der Waals surface area contributed by atoms with Gasteiger partial charge in [0.05, 0.1) is 18.2 Å². The second-order valence-corrected chi connectivity index (χ2v) is 17.1. The van der Waals surface area contributed by atoms with Gasteiger partial charge in [-0.1, -0.05) is 25.3 Å². The van der Waals surface area contributed by atoms with Gasteiger partial charge in [-0.25, -0.2) is 4.72 Å². The van der Waals surface area contributed by atoms with Gasteiger partial charge in [-0.3, -0.25) is 9.59 Å². The lowest BCUT2D eigenvalue weighted by atomic mass is 9.81. The van der Waals surface area contributed by atoms with Crippen LogP contribution in [-0.4, -0.2) is 80.0 Å². The van der Waals surface area contributed by atoms with Gasteiger partial charge < -0.3 is 19.1 Å². The van der Waals surface area contributed by atoms with Crippen LogP contribution in [0, 0.1) is 12.3 Å². The van der Waals surface area contributed by atoms with E-state index >= 15 is 0 Å². The van der Waals surface area contributed by atoms with Gasteiger partial charge in [-0.05, 0) is 114 Å². The fourth-order valence-corrected chi connectivity index (χ4v) is 9.79. The molecule has 2 aliphatic carbocycles. The van der Waals surface area contributed by atoms with Gasteiger partial charge in [0.15, 0.2) is 0 Å². The van der Waals surface area contributed by atoms with Crippen molar-refractivity contribution in [3.63, 3.8) is 0 Å². The Morgan fingerprint density at radius 1 is 0.939 bits per heavy atom. The Labute approximate surface area is 290 Å². The molecule has 2 aliphatic heterocycles. The molecule has 2 bridgehead atoms. The topological polar surface area (TPSA) is 113 Å². The summed E-state index contributed by atoms with van der Waals surface area (Å²) < 4.78 is 38.1. The minimum Gasteiger partial charge on any atom is -0.497 e. The SMILES string of the molecule is COc1ccc(-c2c(C3CCCCC3)c3ccc(C(=O)NS(=O)(=O)NC4CC4)cc3n2CC(C)(C)C(=O)N2C3CCC2CN(C)C3)c(C)c1. The van der Waals surface area contributed by atoms with E-state index in [0.29, 0.717) is 12.5 Å². The maximum atomic E-state index is 14.6. The van der Waals surface area contributed by atoms with Crippen molar-refractivity contribution < 1.29 is 22.7 Å². The molecule has 4 aliphatic rings. The highest BCUT2D eigenvalue weighted by Gasteiger charge is 2.46. The number of likely N-dealkylation sites (N-methyl/N-ethyl adjacent to an activating group) is 1. The van der Waals surface area contributed by atoms with Crippen LogP contribution in [0.1, 0.15) is 99.0 Å². The normalized spacial score (nSPS) is 22.1. The van der Waals surface area contributed by atoms with Crippen molar-refractivity contribution in [2.45, 2.75) is 109 Å². The summed E-state index contributed by atoms with van der Waals surface area (Å²) in [5.74, 6) is 0.597. The maximum Gasteiger partial charge on any atom is 0.301 e. The molecule has 2 atom stereocenters. The zero-order chi connectivity index (χ0) is 34.7. The average molecular weight is 690 g/mol. The number of aromatic nitrogens is 1. The molecule has 11 heteroatoms. The summed E-state index contributed by atoms with van der Waals surface area (Å²) in [5.41, 5.74) is 4.82. The fraction of sp³-hybridized carbons (Fsp3) is 0.579. The van der Waals surface area contributed by atoms with Crippen molar-refractivity contribution in [2.24, 2.45) is 5.41 Å². The molecule has 3 aromatic rings. The minimum atomic E-state index is -3.99. The van der Waals surface area contributed by atoms with Crippen LogP contribution < -0.4 is 14.2 Å². The monoisotopic (exact) mass is 689 g/mol. The summed E-state index contributed by atoms with van der Waals surface area (Å²) in [4.78, 5) is 32.6. The van der Waals surface area contributed by atoms with Gasteiger partial charge in [-0.2, -0.15) is 13.1 Å². The molecule has 4 fully saturated rings. The fourth-order valence-electron chi connectivity index (χ4n) is 8.69. The van der Waals surface area contributed by atoms with Gasteiger partial charge >= 0.3 is 10.2 Å². The zero-order valence-corrected chi connectivity index (χ0v) is 30.4. The molecular weight excluding hydrogens is 639 g/mol. The highest BCUT2D eigenvalue weighted by Crippen LogP contribution is 2.47. The number of hydrogen-bond acceptors (Lipinski definition) is 6. The number of carbonyl (C=O) groups excluding carboxylic acids is 2. The number of hydrogen-bond donors (Lipinski definition) is 2. The molecule has 2 saturated carbocycles. The first kappa shape index (κ1) is 34.1. The van der Waals surface area contributed by atoms with Gasteiger partial charge in [0.25, 0.3) is 5.91 Å². The van der Waals surface area contributed by atoms with Crippen LogP contribution in [0.5, 0.6) is 5.75 Å². The van der Waals surface area contributed by atoms with Crippen LogP contribution in [0.15, 0.2) is 36.4 Å². The largest absolute Gasteiger partial charge is 0.497 e. The summed E-state index contributed by atoms with van der Waals surface area (Å²) in [5, 5.41) is 1.05. The highest BCUT2D eigenvalue weighted by molar-refractivity contribution is 7.88. The third-order valence-corrected chi connectivity index (χ3v) is 12.3. The van der Waals surface area contributed by atoms with Gasteiger partial charge in [0.2, 0.25) is 5.91 Å². The Kier molecular flexibility index (Phi) is 9.07. The van der Waals surface area contributed by atoms with E-state index in [0.717, 1.165) is 97.9 Å². The molecule has 2 N–H and O–H groups in total. The van der Waals surface area contributed by atoms with Crippen molar-refractivity contribution in [1.29, 1.82) is 0 Å². The van der Waals surface area contributed by atoms with Crippen molar-refractivity contribution in [3.8, 4) is 17.0 Å². The lowest BCUT2D eigenvalue weighted by Gasteiger charge is -2.43. The Morgan fingerprint density at radius 2 is 1.63 bits per heavy atom. The molecule has 2 aromatic carbocycles. The summed E-state index contributed by atoms with van der Waals surface area (Å²) in [7, 11) is -0.175. The van der Waals surface area contributed by atoms with Gasteiger partial charge in [-0.15, -0.1) is 0 Å². The minimum absolute atomic E-state index is 0.117. The predicted octanol–water partition coefficient (Wildman–Crippen LogP) is 5.73. The van der Waals surface area contributed by atoms with Crippen LogP contribution in [0.2, 0.25) is 0 Å². The number of rotatable bonds is 10. The zero-order valence-electron chi connectivity index (χ0n) is 29.5. The number of aryl methyl sites for hydroxylation is 1. The van der Waals surface area contributed by atoms with Crippen molar-refractivity contribution in [2.75, 3.05) is 27.2 Å². The number of benzene rings is 2. The third kappa shape index (κ3) is 6.73. The molecule has 2 unspecified atom stereocenters. The van der Waals surface area contributed by atoms with Crippen molar-refractivity contribution >= 4 is 32.9 Å². The van der Waals surface area contributed by atoms with Crippen molar-refractivity contribution in [3.05, 3.63) is 53.1 Å². The molecule has 264 valence electrons. The molecule has 2 amide bonds. The maximum absolute atomic E-state index is 14.6. The number of carbonyl (C=O) groups is 2. The van der Waals surface area contributed by atoms with E-state index in [9.17, 15) is 18.0 Å². The quantitative estimate of drug-likeness (QED) is 0.281. The summed E-state index contributed by atoms with van der Waals surface area (Å²) >= 11 is 0. The van der Waals surface area contributed by atoms with E-state index in [-0.39, 0.29) is 29.6 Å². The second kappa shape index (κ2) is 13.0. The number of fused-ring (bicyclic) bond motifs is 3. The molecule has 10 nitrogen and oxygen atoms in total. The first-order valence-corrected chi connectivity index (χ1v) is 19.5. The smallest absolute Gasteiger partial charge is 0.301 e. The first-order valence-electron chi connectivity index (χ1n) is 18.0. The van der Waals surface area contributed by atoms with Crippen LogP contribution >= 0.6 is 0 Å². The summed E-state index contributed by atoms with van der Waals surface area (Å²) in [6.07, 6.45) is 9.27. The standard InChI is InChI=1S/C38H51N5O5S/c1-24-19-30(48-5)16-18-31(24)35-34(25-9-7-6-8-10-25)32-17-11-26(36(44)40-49(46,47)39-27-12-13-27)20-33(32)42(35)23-38(2,3)37(45)43-28-14-15-29(43)22-41(4)21-28/h11,16-20,25,27-29,39H,6-10,12-15,21-23H2,1-5H3,(H,40,44). The van der Waals surface area contributed by atoms with E-state index in [4.69, 9.17) is 4.74 Å². The van der Waals surface area contributed by atoms with Gasteiger partial charge in [0, 0.05) is 59.8 Å². The number of piperazine rings is 1. The number of methoxy groups -OCH3 is 1. The summed E-state index contributed by atoms with van der Waals surface area (Å²) in [6, 6.07) is 12.0. The van der Waals surface area contributed by atoms with E-state index in [1.807, 2.05) is 18.2 Å². The number of likely N-dealkylation sites (tertiary alicyclic amines) is 1.